The average molecular weight is 519 g/mol. The lowest BCUT2D eigenvalue weighted by molar-refractivity contribution is -0.142. The van der Waals surface area contributed by atoms with Crippen molar-refractivity contribution in [1.82, 2.24) is 15.1 Å². The van der Waals surface area contributed by atoms with Crippen LogP contribution in [0.2, 0.25) is 0 Å². The molecule has 3 atom stereocenters. The molecule has 3 rings (SSSR count). The third-order valence-corrected chi connectivity index (χ3v) is 7.09. The van der Waals surface area contributed by atoms with Crippen molar-refractivity contribution in [3.8, 4) is 5.75 Å². The smallest absolute Gasteiger partial charge is 0.319 e. The van der Waals surface area contributed by atoms with E-state index in [2.05, 4.69) is 10.6 Å². The summed E-state index contributed by atoms with van der Waals surface area (Å²) in [4.78, 5) is 42.7. The number of carbonyl (C=O) groups excluding carboxylic acids is 3. The molecule has 0 saturated carbocycles. The van der Waals surface area contributed by atoms with Crippen LogP contribution >= 0.6 is 0 Å². The molecule has 37 heavy (non-hydrogen) atoms. The van der Waals surface area contributed by atoms with Crippen molar-refractivity contribution in [2.45, 2.75) is 52.2 Å². The number of amides is 4. The molecule has 1 fully saturated rings. The van der Waals surface area contributed by atoms with Gasteiger partial charge >= 0.3 is 6.03 Å². The Labute approximate surface area is 220 Å². The Kier molecular flexibility index (Phi) is 10.6. The molecule has 10 nitrogen and oxygen atoms in total. The number of ether oxygens (including phenoxy) is 3. The number of nitrogens with one attached hydrogen (secondary N) is 2. The molecule has 206 valence electrons. The second-order valence-corrected chi connectivity index (χ2v) is 10.1. The molecular formula is C27H42N4O6. The van der Waals surface area contributed by atoms with Gasteiger partial charge in [0.1, 0.15) is 12.4 Å². The van der Waals surface area contributed by atoms with Crippen LogP contribution in [0.4, 0.5) is 10.5 Å². The maximum atomic E-state index is 13.6. The molecule has 4 amide bonds. The summed E-state index contributed by atoms with van der Waals surface area (Å²) in [5.41, 5.74) is 0.833. The lowest BCUT2D eigenvalue weighted by atomic mass is 9.95. The number of likely N-dealkylation sites (N-methyl/N-ethyl adjacent to an activating group) is 1. The van der Waals surface area contributed by atoms with Gasteiger partial charge in [-0.15, -0.1) is 0 Å². The van der Waals surface area contributed by atoms with Crippen molar-refractivity contribution in [3.63, 3.8) is 0 Å². The van der Waals surface area contributed by atoms with Crippen LogP contribution in [0.5, 0.6) is 5.75 Å². The van der Waals surface area contributed by atoms with E-state index >= 15 is 0 Å². The lowest BCUT2D eigenvalue weighted by Gasteiger charge is -2.38. The Morgan fingerprint density at radius 3 is 2.57 bits per heavy atom. The molecule has 0 spiro atoms. The first-order valence-electron chi connectivity index (χ1n) is 13.2. The maximum Gasteiger partial charge on any atom is 0.319 e. The van der Waals surface area contributed by atoms with Crippen LogP contribution in [0.1, 0.15) is 50.4 Å². The molecule has 0 aromatic heterocycles. The first-order valence-corrected chi connectivity index (χ1v) is 13.2. The largest absolute Gasteiger partial charge is 0.491 e. The van der Waals surface area contributed by atoms with E-state index in [1.807, 2.05) is 25.7 Å². The summed E-state index contributed by atoms with van der Waals surface area (Å²) in [7, 11) is 3.35. The number of hydrogen-bond donors (Lipinski definition) is 2. The van der Waals surface area contributed by atoms with Crippen LogP contribution < -0.4 is 15.4 Å². The minimum absolute atomic E-state index is 0.0133. The highest BCUT2D eigenvalue weighted by molar-refractivity contribution is 5.99. The highest BCUT2D eigenvalue weighted by Crippen LogP contribution is 2.27. The number of nitrogens with zero attached hydrogens (tertiary/aromatic N) is 2. The second-order valence-electron chi connectivity index (χ2n) is 10.1. The molecule has 10 heteroatoms. The number of carbonyl (C=O) groups is 3. The first kappa shape index (κ1) is 28.7. The van der Waals surface area contributed by atoms with Crippen LogP contribution in [0.3, 0.4) is 0 Å². The van der Waals surface area contributed by atoms with Crippen LogP contribution in [-0.2, 0) is 14.3 Å². The number of urea groups is 1. The van der Waals surface area contributed by atoms with E-state index in [-0.39, 0.29) is 48.4 Å². The van der Waals surface area contributed by atoms with E-state index in [0.29, 0.717) is 62.7 Å². The number of hydrogen-bond acceptors (Lipinski definition) is 6. The Balaban J connectivity index is 1.90. The van der Waals surface area contributed by atoms with Gasteiger partial charge in [0, 0.05) is 64.5 Å². The second kappa shape index (κ2) is 13.6. The molecule has 0 unspecified atom stereocenters. The summed E-state index contributed by atoms with van der Waals surface area (Å²) in [5.74, 6) is 0.205. The summed E-state index contributed by atoms with van der Waals surface area (Å²) < 4.78 is 17.4. The third-order valence-electron chi connectivity index (χ3n) is 7.09. The molecule has 2 heterocycles. The van der Waals surface area contributed by atoms with Crippen molar-refractivity contribution >= 4 is 23.5 Å². The summed E-state index contributed by atoms with van der Waals surface area (Å²) in [6, 6.07) is 4.48. The Bertz CT molecular complexity index is 935. The molecule has 0 bridgehead atoms. The third kappa shape index (κ3) is 7.58. The zero-order valence-corrected chi connectivity index (χ0v) is 22.7. The number of rotatable bonds is 5. The fraction of sp³-hybridized carbons (Fsp3) is 0.667. The fourth-order valence-electron chi connectivity index (χ4n) is 4.75. The number of fused-ring (bicyclic) bond motifs is 1. The van der Waals surface area contributed by atoms with Crippen LogP contribution in [0, 0.1) is 11.8 Å². The minimum Gasteiger partial charge on any atom is -0.491 e. The number of methoxy groups -OCH3 is 1. The van der Waals surface area contributed by atoms with E-state index in [4.69, 9.17) is 14.2 Å². The van der Waals surface area contributed by atoms with Gasteiger partial charge in [-0.05, 0) is 44.4 Å². The normalized spacial score (nSPS) is 23.8. The minimum atomic E-state index is -0.333. The van der Waals surface area contributed by atoms with Crippen LogP contribution in [0.15, 0.2) is 18.2 Å². The predicted molar refractivity (Wildman–Crippen MR) is 141 cm³/mol. The summed E-state index contributed by atoms with van der Waals surface area (Å²) in [6.45, 7) is 8.81. The van der Waals surface area contributed by atoms with E-state index in [1.165, 1.54) is 0 Å². The molecule has 0 aliphatic carbocycles. The van der Waals surface area contributed by atoms with Gasteiger partial charge in [-0.3, -0.25) is 9.59 Å². The van der Waals surface area contributed by atoms with Gasteiger partial charge in [0.15, 0.2) is 0 Å². The molecule has 2 aliphatic heterocycles. The average Bonchev–Trinajstić information content (AvgIpc) is 2.91. The Morgan fingerprint density at radius 2 is 1.89 bits per heavy atom. The van der Waals surface area contributed by atoms with Crippen LogP contribution in [0.25, 0.3) is 0 Å². The quantitative estimate of drug-likeness (QED) is 0.620. The molecule has 1 saturated heterocycles. The van der Waals surface area contributed by atoms with E-state index in [0.717, 1.165) is 6.42 Å². The van der Waals surface area contributed by atoms with Gasteiger partial charge in [-0.25, -0.2) is 4.79 Å². The Morgan fingerprint density at radius 1 is 1.16 bits per heavy atom. The molecule has 2 N–H and O–H groups in total. The van der Waals surface area contributed by atoms with Gasteiger partial charge in [0.2, 0.25) is 5.91 Å². The standard InChI is InChI=1S/C27H42N4O6/c1-6-11-28-27(34)29-21-7-8-23-22(14-21)26(33)30(4)16-24(35-5)18(2)15-31(19(3)17-37-23)25(32)20-9-12-36-13-10-20/h7-8,14,18-20,24H,6,9-13,15-17H2,1-5H3,(H2,28,29,34)/t18-,19-,24+/m1/s1. The number of anilines is 1. The highest BCUT2D eigenvalue weighted by Gasteiger charge is 2.33. The zero-order valence-electron chi connectivity index (χ0n) is 22.7. The molecule has 1 aromatic carbocycles. The van der Waals surface area contributed by atoms with E-state index < -0.39 is 0 Å². The van der Waals surface area contributed by atoms with E-state index in [9.17, 15) is 14.4 Å². The zero-order chi connectivity index (χ0) is 26.9. The van der Waals surface area contributed by atoms with Gasteiger partial charge in [0.05, 0.1) is 17.7 Å². The summed E-state index contributed by atoms with van der Waals surface area (Å²) >= 11 is 0. The predicted octanol–water partition coefficient (Wildman–Crippen LogP) is 2.98. The topological polar surface area (TPSA) is 109 Å². The molecule has 0 radical (unpaired) electrons. The van der Waals surface area contributed by atoms with Gasteiger partial charge in [-0.1, -0.05) is 13.8 Å². The first-order chi connectivity index (χ1) is 17.7. The Hall–Kier alpha value is -2.85. The SMILES string of the molecule is CCCNC(=O)Nc1ccc2c(c1)C(=O)N(C)C[C@H](OC)[C@H](C)CN(C(=O)C1CCOCC1)[C@H](C)CO2. The molecular weight excluding hydrogens is 476 g/mol. The maximum absolute atomic E-state index is 13.6. The van der Waals surface area contributed by atoms with Crippen molar-refractivity contribution in [3.05, 3.63) is 23.8 Å². The van der Waals surface area contributed by atoms with Gasteiger partial charge < -0.3 is 34.6 Å². The van der Waals surface area contributed by atoms with Gasteiger partial charge in [-0.2, -0.15) is 0 Å². The number of benzene rings is 1. The van der Waals surface area contributed by atoms with Crippen molar-refractivity contribution in [2.75, 3.05) is 58.9 Å². The van der Waals surface area contributed by atoms with Crippen molar-refractivity contribution in [1.29, 1.82) is 0 Å². The molecule has 2 aliphatic rings. The summed E-state index contributed by atoms with van der Waals surface area (Å²) in [6.07, 6.45) is 1.98. The lowest BCUT2D eigenvalue weighted by Crippen LogP contribution is -2.50. The van der Waals surface area contributed by atoms with Crippen molar-refractivity contribution in [2.24, 2.45) is 11.8 Å². The van der Waals surface area contributed by atoms with Crippen molar-refractivity contribution < 1.29 is 28.6 Å². The summed E-state index contributed by atoms with van der Waals surface area (Å²) in [5, 5.41) is 5.54. The fourth-order valence-corrected chi connectivity index (χ4v) is 4.75. The van der Waals surface area contributed by atoms with Crippen LogP contribution in [-0.4, -0.2) is 93.4 Å². The monoisotopic (exact) mass is 518 g/mol. The highest BCUT2D eigenvalue weighted by atomic mass is 16.5. The van der Waals surface area contributed by atoms with Gasteiger partial charge in [0.25, 0.3) is 5.91 Å². The van der Waals surface area contributed by atoms with E-state index in [1.54, 1.807) is 37.3 Å². The molecule has 1 aromatic rings.